The summed E-state index contributed by atoms with van der Waals surface area (Å²) in [6.07, 6.45) is 3.05. The summed E-state index contributed by atoms with van der Waals surface area (Å²) in [7, 11) is 1.56. The van der Waals surface area contributed by atoms with E-state index in [9.17, 15) is 9.18 Å². The summed E-state index contributed by atoms with van der Waals surface area (Å²) < 4.78 is 24.2. The molecule has 0 spiro atoms. The summed E-state index contributed by atoms with van der Waals surface area (Å²) in [5, 5.41) is 2.67. The Morgan fingerprint density at radius 3 is 2.71 bits per heavy atom. The van der Waals surface area contributed by atoms with Crippen LogP contribution in [0.4, 0.5) is 10.1 Å². The lowest BCUT2D eigenvalue weighted by Crippen LogP contribution is -2.08. The molecule has 2 aromatic carbocycles. The molecule has 2 rings (SSSR count). The van der Waals surface area contributed by atoms with Gasteiger partial charge in [-0.2, -0.15) is 0 Å². The van der Waals surface area contributed by atoms with Gasteiger partial charge < -0.3 is 14.8 Å². The molecular weight excluding hydrogens is 377 g/mol. The van der Waals surface area contributed by atoms with E-state index >= 15 is 0 Å². The first kappa shape index (κ1) is 18.0. The van der Waals surface area contributed by atoms with Crippen LogP contribution in [0.15, 0.2) is 46.9 Å². The Morgan fingerprint density at radius 1 is 1.25 bits per heavy atom. The number of nitrogens with one attached hydrogen (secondary N) is 1. The Labute approximate surface area is 148 Å². The molecule has 0 aromatic heterocycles. The van der Waals surface area contributed by atoms with Crippen LogP contribution in [0.25, 0.3) is 6.08 Å². The average Bonchev–Trinajstić information content (AvgIpc) is 2.56. The molecule has 0 radical (unpaired) electrons. The number of halogens is 2. The number of hydrogen-bond donors (Lipinski definition) is 1. The van der Waals surface area contributed by atoms with E-state index in [4.69, 9.17) is 9.47 Å². The fourth-order valence-electron chi connectivity index (χ4n) is 2.00. The summed E-state index contributed by atoms with van der Waals surface area (Å²) in [6.45, 7) is 2.44. The number of amides is 1. The molecule has 0 aliphatic carbocycles. The van der Waals surface area contributed by atoms with E-state index in [2.05, 4.69) is 21.2 Å². The van der Waals surface area contributed by atoms with E-state index < -0.39 is 0 Å². The molecule has 0 fully saturated rings. The molecule has 1 N–H and O–H groups in total. The van der Waals surface area contributed by atoms with Crippen molar-refractivity contribution in [1.29, 1.82) is 0 Å². The number of methoxy groups -OCH3 is 1. The van der Waals surface area contributed by atoms with Crippen molar-refractivity contribution in [3.63, 3.8) is 0 Å². The number of carbonyl (C=O) groups excluding carboxylic acids is 1. The van der Waals surface area contributed by atoms with E-state index in [0.717, 1.165) is 5.56 Å². The van der Waals surface area contributed by atoms with Gasteiger partial charge in [-0.15, -0.1) is 0 Å². The SMILES string of the molecule is CCOc1ccc(/C=C/C(=O)Nc2ccc(F)cc2Br)cc1OC. The normalized spacial score (nSPS) is 10.7. The van der Waals surface area contributed by atoms with E-state index in [1.807, 2.05) is 13.0 Å². The first-order valence-electron chi connectivity index (χ1n) is 7.28. The highest BCUT2D eigenvalue weighted by Gasteiger charge is 2.06. The standard InChI is InChI=1S/C18H17BrFNO3/c1-3-24-16-8-4-12(10-17(16)23-2)5-9-18(22)21-15-7-6-13(20)11-14(15)19/h4-11H,3H2,1-2H3,(H,21,22)/b9-5+. The smallest absolute Gasteiger partial charge is 0.248 e. The molecule has 0 aliphatic rings. The Hall–Kier alpha value is -2.34. The summed E-state index contributed by atoms with van der Waals surface area (Å²) in [4.78, 5) is 12.0. The maximum Gasteiger partial charge on any atom is 0.248 e. The van der Waals surface area contributed by atoms with Gasteiger partial charge in [0.1, 0.15) is 5.82 Å². The quantitative estimate of drug-likeness (QED) is 0.726. The number of ether oxygens (including phenoxy) is 2. The molecule has 0 aliphatic heterocycles. The van der Waals surface area contributed by atoms with Crippen LogP contribution in [0, 0.1) is 5.82 Å². The fourth-order valence-corrected chi connectivity index (χ4v) is 2.45. The van der Waals surface area contributed by atoms with Crippen LogP contribution in [0.5, 0.6) is 11.5 Å². The average molecular weight is 394 g/mol. The van der Waals surface area contributed by atoms with E-state index in [1.165, 1.54) is 24.3 Å². The minimum atomic E-state index is -0.378. The van der Waals surface area contributed by atoms with Gasteiger partial charge in [-0.25, -0.2) is 4.39 Å². The molecule has 0 saturated carbocycles. The first-order valence-corrected chi connectivity index (χ1v) is 8.07. The van der Waals surface area contributed by atoms with Crippen LogP contribution in [0.1, 0.15) is 12.5 Å². The Balaban J connectivity index is 2.08. The maximum atomic E-state index is 13.0. The highest BCUT2D eigenvalue weighted by atomic mass is 79.9. The van der Waals surface area contributed by atoms with E-state index in [0.29, 0.717) is 28.3 Å². The molecule has 0 unspecified atom stereocenters. The van der Waals surface area contributed by atoms with E-state index in [-0.39, 0.29) is 11.7 Å². The minimum absolute atomic E-state index is 0.324. The second-order valence-electron chi connectivity index (χ2n) is 4.79. The highest BCUT2D eigenvalue weighted by Crippen LogP contribution is 2.28. The minimum Gasteiger partial charge on any atom is -0.493 e. The highest BCUT2D eigenvalue weighted by molar-refractivity contribution is 9.10. The number of benzene rings is 2. The predicted molar refractivity (Wildman–Crippen MR) is 95.9 cm³/mol. The van der Waals surface area contributed by atoms with Gasteiger partial charge in [0.15, 0.2) is 11.5 Å². The largest absolute Gasteiger partial charge is 0.493 e. The molecule has 4 nitrogen and oxygen atoms in total. The zero-order valence-electron chi connectivity index (χ0n) is 13.3. The lowest BCUT2D eigenvalue weighted by Gasteiger charge is -2.09. The Kier molecular flexibility index (Phi) is 6.37. The molecule has 0 saturated heterocycles. The van der Waals surface area contributed by atoms with Crippen molar-refractivity contribution in [2.24, 2.45) is 0 Å². The summed E-state index contributed by atoms with van der Waals surface area (Å²) in [6, 6.07) is 9.45. The zero-order chi connectivity index (χ0) is 17.5. The van der Waals surface area contributed by atoms with Crippen molar-refractivity contribution in [1.82, 2.24) is 0 Å². The van der Waals surface area contributed by atoms with Gasteiger partial charge in [-0.3, -0.25) is 4.79 Å². The molecule has 0 heterocycles. The van der Waals surface area contributed by atoms with Gasteiger partial charge in [0.05, 0.1) is 19.4 Å². The molecule has 24 heavy (non-hydrogen) atoms. The second kappa shape index (κ2) is 8.49. The summed E-state index contributed by atoms with van der Waals surface area (Å²) in [5.74, 6) is 0.546. The number of hydrogen-bond acceptors (Lipinski definition) is 3. The number of rotatable bonds is 6. The van der Waals surface area contributed by atoms with Crippen molar-refractivity contribution in [3.8, 4) is 11.5 Å². The second-order valence-corrected chi connectivity index (χ2v) is 5.64. The maximum absolute atomic E-state index is 13.0. The van der Waals surface area contributed by atoms with Gasteiger partial charge in [-0.05, 0) is 64.8 Å². The van der Waals surface area contributed by atoms with Crippen molar-refractivity contribution >= 4 is 33.6 Å². The molecule has 0 atom stereocenters. The zero-order valence-corrected chi connectivity index (χ0v) is 14.9. The van der Waals surface area contributed by atoms with E-state index in [1.54, 1.807) is 25.3 Å². The van der Waals surface area contributed by atoms with Gasteiger partial charge in [0, 0.05) is 10.5 Å². The summed E-state index contributed by atoms with van der Waals surface area (Å²) in [5.41, 5.74) is 1.29. The lowest BCUT2D eigenvalue weighted by molar-refractivity contribution is -0.111. The molecule has 6 heteroatoms. The van der Waals surface area contributed by atoms with Crippen LogP contribution < -0.4 is 14.8 Å². The molecule has 126 valence electrons. The molecule has 2 aromatic rings. The third kappa shape index (κ3) is 4.83. The molecular formula is C18H17BrFNO3. The van der Waals surface area contributed by atoms with Gasteiger partial charge in [-0.1, -0.05) is 6.07 Å². The van der Waals surface area contributed by atoms with Gasteiger partial charge >= 0.3 is 0 Å². The monoisotopic (exact) mass is 393 g/mol. The van der Waals surface area contributed by atoms with Crippen molar-refractivity contribution in [2.75, 3.05) is 19.0 Å². The third-order valence-corrected chi connectivity index (χ3v) is 3.76. The molecule has 0 bridgehead atoms. The van der Waals surface area contributed by atoms with Gasteiger partial charge in [0.25, 0.3) is 0 Å². The number of carbonyl (C=O) groups is 1. The fraction of sp³-hybridized carbons (Fsp3) is 0.167. The number of anilines is 1. The van der Waals surface area contributed by atoms with Crippen LogP contribution in [0.2, 0.25) is 0 Å². The third-order valence-electron chi connectivity index (χ3n) is 3.10. The summed E-state index contributed by atoms with van der Waals surface area (Å²) >= 11 is 3.20. The van der Waals surface area contributed by atoms with Crippen molar-refractivity contribution in [3.05, 3.63) is 58.3 Å². The van der Waals surface area contributed by atoms with Crippen LogP contribution in [-0.2, 0) is 4.79 Å². The van der Waals surface area contributed by atoms with Crippen molar-refractivity contribution < 1.29 is 18.7 Å². The van der Waals surface area contributed by atoms with Crippen molar-refractivity contribution in [2.45, 2.75) is 6.92 Å². The Bertz CT molecular complexity index is 762. The topological polar surface area (TPSA) is 47.6 Å². The Morgan fingerprint density at radius 2 is 2.04 bits per heavy atom. The lowest BCUT2D eigenvalue weighted by atomic mass is 10.2. The van der Waals surface area contributed by atoms with Gasteiger partial charge in [0.2, 0.25) is 5.91 Å². The van der Waals surface area contributed by atoms with Crippen LogP contribution in [0.3, 0.4) is 0 Å². The van der Waals surface area contributed by atoms with Crippen LogP contribution >= 0.6 is 15.9 Å². The predicted octanol–water partition coefficient (Wildman–Crippen LogP) is 4.65. The first-order chi connectivity index (χ1) is 11.5. The van der Waals surface area contributed by atoms with Crippen LogP contribution in [-0.4, -0.2) is 19.6 Å². The molecule has 1 amide bonds.